The smallest absolute Gasteiger partial charge is 0.156 e. The van der Waals surface area contributed by atoms with Gasteiger partial charge in [0, 0.05) is 36.3 Å². The molecular formula is C10H15N3S2. The van der Waals surface area contributed by atoms with Crippen LogP contribution in [0.25, 0.3) is 0 Å². The first-order chi connectivity index (χ1) is 7.34. The zero-order chi connectivity index (χ0) is 10.5. The summed E-state index contributed by atoms with van der Waals surface area (Å²) in [7, 11) is 0. The lowest BCUT2D eigenvalue weighted by atomic mass is 10.4. The van der Waals surface area contributed by atoms with Crippen LogP contribution in [0.15, 0.2) is 10.4 Å². The molecule has 0 fully saturated rings. The number of rotatable bonds is 3. The quantitative estimate of drug-likeness (QED) is 0.880. The minimum atomic E-state index is 0.943. The zero-order valence-electron chi connectivity index (χ0n) is 8.82. The van der Waals surface area contributed by atoms with Crippen LogP contribution in [0.2, 0.25) is 0 Å². The van der Waals surface area contributed by atoms with Gasteiger partial charge in [-0.3, -0.25) is 4.99 Å². The number of amidine groups is 1. The van der Waals surface area contributed by atoms with Crippen LogP contribution >= 0.6 is 23.1 Å². The summed E-state index contributed by atoms with van der Waals surface area (Å²) in [5.41, 5.74) is 1.12. The Morgan fingerprint density at radius 1 is 1.53 bits per heavy atom. The molecule has 0 bridgehead atoms. The number of nitrogens with zero attached hydrogens (tertiary/aromatic N) is 2. The minimum absolute atomic E-state index is 0.943. The molecule has 0 unspecified atom stereocenters. The van der Waals surface area contributed by atoms with E-state index in [1.54, 1.807) is 11.3 Å². The van der Waals surface area contributed by atoms with Gasteiger partial charge in [0.15, 0.2) is 5.17 Å². The highest BCUT2D eigenvalue weighted by Crippen LogP contribution is 2.11. The Kier molecular flexibility index (Phi) is 4.02. The number of nitrogens with one attached hydrogen (secondary N) is 1. The topological polar surface area (TPSA) is 37.3 Å². The van der Waals surface area contributed by atoms with Crippen LogP contribution in [0.1, 0.15) is 17.1 Å². The molecule has 0 spiro atoms. The van der Waals surface area contributed by atoms with Crippen molar-refractivity contribution in [3.8, 4) is 0 Å². The maximum atomic E-state index is 4.43. The number of aliphatic imine (C=N–C) groups is 1. The lowest BCUT2D eigenvalue weighted by Crippen LogP contribution is -2.25. The standard InChI is InChI=1S/C10H15N3S2/c1-8-7-15-9(13-8)3-5-12-10-11-4-2-6-14-10/h7H,2-6H2,1H3,(H,11,12). The van der Waals surface area contributed by atoms with Crippen molar-refractivity contribution < 1.29 is 0 Å². The minimum Gasteiger partial charge on any atom is -0.365 e. The summed E-state index contributed by atoms with van der Waals surface area (Å²) in [6, 6.07) is 0. The Morgan fingerprint density at radius 3 is 3.13 bits per heavy atom. The fourth-order valence-corrected chi connectivity index (χ4v) is 2.99. The summed E-state index contributed by atoms with van der Waals surface area (Å²) < 4.78 is 0. The van der Waals surface area contributed by atoms with Gasteiger partial charge in [-0.25, -0.2) is 4.98 Å². The predicted octanol–water partition coefficient (Wildman–Crippen LogP) is 2.08. The average Bonchev–Trinajstić information content (AvgIpc) is 2.66. The Bertz CT molecular complexity index is 346. The Labute approximate surface area is 98.4 Å². The number of hydrogen-bond acceptors (Lipinski definition) is 5. The number of hydrogen-bond donors (Lipinski definition) is 1. The van der Waals surface area contributed by atoms with Gasteiger partial charge in [-0.05, 0) is 13.3 Å². The molecule has 0 atom stereocenters. The maximum Gasteiger partial charge on any atom is 0.156 e. The second kappa shape index (κ2) is 5.51. The molecule has 1 aromatic heterocycles. The van der Waals surface area contributed by atoms with E-state index in [-0.39, 0.29) is 0 Å². The van der Waals surface area contributed by atoms with E-state index in [0.717, 1.165) is 30.4 Å². The number of thiazole rings is 1. The number of thioether (sulfide) groups is 1. The fourth-order valence-electron chi connectivity index (χ4n) is 1.36. The summed E-state index contributed by atoms with van der Waals surface area (Å²) in [4.78, 5) is 8.84. The van der Waals surface area contributed by atoms with Crippen molar-refractivity contribution in [1.82, 2.24) is 10.3 Å². The fraction of sp³-hybridized carbons (Fsp3) is 0.600. The number of aryl methyl sites for hydroxylation is 1. The molecule has 0 aliphatic carbocycles. The van der Waals surface area contributed by atoms with E-state index in [9.17, 15) is 0 Å². The molecule has 3 nitrogen and oxygen atoms in total. The molecule has 0 saturated heterocycles. The number of aromatic nitrogens is 1. The van der Waals surface area contributed by atoms with Crippen molar-refractivity contribution in [2.75, 3.05) is 18.8 Å². The van der Waals surface area contributed by atoms with E-state index in [4.69, 9.17) is 0 Å². The first kappa shape index (κ1) is 11.0. The van der Waals surface area contributed by atoms with Crippen LogP contribution in [-0.2, 0) is 6.42 Å². The summed E-state index contributed by atoms with van der Waals surface area (Å²) in [5, 5.41) is 7.77. The molecule has 5 heteroatoms. The largest absolute Gasteiger partial charge is 0.365 e. The van der Waals surface area contributed by atoms with Crippen LogP contribution in [0, 0.1) is 6.92 Å². The van der Waals surface area contributed by atoms with E-state index in [0.29, 0.717) is 0 Å². The second-order valence-electron chi connectivity index (χ2n) is 3.45. The molecular weight excluding hydrogens is 226 g/mol. The van der Waals surface area contributed by atoms with Crippen LogP contribution < -0.4 is 5.32 Å². The first-order valence-corrected chi connectivity index (χ1v) is 7.03. The molecule has 0 saturated carbocycles. The van der Waals surface area contributed by atoms with Gasteiger partial charge in [-0.15, -0.1) is 11.3 Å². The first-order valence-electron chi connectivity index (χ1n) is 5.17. The molecule has 0 amide bonds. The molecule has 1 aromatic rings. The third-order valence-electron chi connectivity index (χ3n) is 2.08. The van der Waals surface area contributed by atoms with Crippen molar-refractivity contribution in [1.29, 1.82) is 0 Å². The van der Waals surface area contributed by atoms with Gasteiger partial charge >= 0.3 is 0 Å². The third-order valence-corrected chi connectivity index (χ3v) is 4.14. The van der Waals surface area contributed by atoms with Crippen molar-refractivity contribution >= 4 is 28.3 Å². The lowest BCUT2D eigenvalue weighted by Gasteiger charge is -2.12. The van der Waals surface area contributed by atoms with E-state index < -0.39 is 0 Å². The van der Waals surface area contributed by atoms with E-state index >= 15 is 0 Å². The molecule has 1 aliphatic heterocycles. The molecule has 1 N–H and O–H groups in total. The zero-order valence-corrected chi connectivity index (χ0v) is 10.5. The average molecular weight is 241 g/mol. The van der Waals surface area contributed by atoms with Gasteiger partial charge < -0.3 is 5.32 Å². The predicted molar refractivity (Wildman–Crippen MR) is 67.9 cm³/mol. The Balaban J connectivity index is 1.72. The summed E-state index contributed by atoms with van der Waals surface area (Å²) in [6.07, 6.45) is 2.21. The van der Waals surface area contributed by atoms with Gasteiger partial charge in [-0.1, -0.05) is 11.8 Å². The van der Waals surface area contributed by atoms with E-state index in [1.165, 1.54) is 17.2 Å². The van der Waals surface area contributed by atoms with Gasteiger partial charge in [0.05, 0.1) is 5.01 Å². The van der Waals surface area contributed by atoms with Crippen molar-refractivity contribution in [3.05, 3.63) is 16.1 Å². The Morgan fingerprint density at radius 2 is 2.47 bits per heavy atom. The van der Waals surface area contributed by atoms with Crippen molar-refractivity contribution in [2.45, 2.75) is 19.8 Å². The van der Waals surface area contributed by atoms with Gasteiger partial charge in [0.2, 0.25) is 0 Å². The lowest BCUT2D eigenvalue weighted by molar-refractivity contribution is 0.845. The second-order valence-corrected chi connectivity index (χ2v) is 5.47. The van der Waals surface area contributed by atoms with Crippen LogP contribution in [0.5, 0.6) is 0 Å². The monoisotopic (exact) mass is 241 g/mol. The summed E-state index contributed by atoms with van der Waals surface area (Å²) >= 11 is 3.56. The molecule has 2 heterocycles. The van der Waals surface area contributed by atoms with Gasteiger partial charge in [-0.2, -0.15) is 0 Å². The molecule has 2 rings (SSSR count). The molecule has 0 aromatic carbocycles. The van der Waals surface area contributed by atoms with Crippen molar-refractivity contribution in [3.63, 3.8) is 0 Å². The summed E-state index contributed by atoms with van der Waals surface area (Å²) in [5.74, 6) is 1.20. The van der Waals surface area contributed by atoms with E-state index in [2.05, 4.69) is 20.7 Å². The van der Waals surface area contributed by atoms with E-state index in [1.807, 2.05) is 18.7 Å². The molecule has 82 valence electrons. The molecule has 0 radical (unpaired) electrons. The SMILES string of the molecule is Cc1csc(CCNC2=NCCCS2)n1. The Hall–Kier alpha value is -0.550. The van der Waals surface area contributed by atoms with Gasteiger partial charge in [0.1, 0.15) is 0 Å². The van der Waals surface area contributed by atoms with Crippen LogP contribution in [0.3, 0.4) is 0 Å². The third kappa shape index (κ3) is 3.50. The van der Waals surface area contributed by atoms with Gasteiger partial charge in [0.25, 0.3) is 0 Å². The maximum absolute atomic E-state index is 4.43. The normalized spacial score (nSPS) is 16.2. The van der Waals surface area contributed by atoms with Crippen LogP contribution in [0.4, 0.5) is 0 Å². The highest BCUT2D eigenvalue weighted by atomic mass is 32.2. The summed E-state index contributed by atoms with van der Waals surface area (Å²) in [6.45, 7) is 3.96. The highest BCUT2D eigenvalue weighted by molar-refractivity contribution is 8.13. The highest BCUT2D eigenvalue weighted by Gasteiger charge is 2.05. The van der Waals surface area contributed by atoms with Crippen LogP contribution in [-0.4, -0.2) is 29.0 Å². The molecule has 15 heavy (non-hydrogen) atoms. The molecule has 1 aliphatic rings. The van der Waals surface area contributed by atoms with Crippen molar-refractivity contribution in [2.24, 2.45) is 4.99 Å².